The number of methoxy groups -OCH3 is 1. The first-order chi connectivity index (χ1) is 12.1. The molecule has 0 atom stereocenters. The van der Waals surface area contributed by atoms with Gasteiger partial charge in [0, 0.05) is 0 Å². The first-order valence-electron chi connectivity index (χ1n) is 8.13. The van der Waals surface area contributed by atoms with Gasteiger partial charge in [-0.1, -0.05) is 37.3 Å². The van der Waals surface area contributed by atoms with Crippen molar-refractivity contribution in [3.63, 3.8) is 0 Å². The van der Waals surface area contributed by atoms with E-state index in [9.17, 15) is 4.79 Å². The van der Waals surface area contributed by atoms with Crippen LogP contribution in [0.4, 0.5) is 5.69 Å². The van der Waals surface area contributed by atoms with Gasteiger partial charge in [-0.3, -0.25) is 4.79 Å². The second-order valence-corrected chi connectivity index (χ2v) is 6.64. The van der Waals surface area contributed by atoms with Gasteiger partial charge in [-0.25, -0.2) is 4.99 Å². The number of nitrogens with zero attached hydrogens (tertiary/aromatic N) is 1. The Morgan fingerprint density at radius 1 is 1.16 bits per heavy atom. The van der Waals surface area contributed by atoms with Crippen LogP contribution in [0.2, 0.25) is 0 Å². The lowest BCUT2D eigenvalue weighted by Crippen LogP contribution is -2.19. The summed E-state index contributed by atoms with van der Waals surface area (Å²) < 4.78 is 5.18. The van der Waals surface area contributed by atoms with Crippen molar-refractivity contribution in [3.8, 4) is 5.75 Å². The maximum Gasteiger partial charge on any atom is 0.264 e. The lowest BCUT2D eigenvalue weighted by Gasteiger charge is -2.05. The number of allylic oxidation sites excluding steroid dienone is 1. The van der Waals surface area contributed by atoms with Crippen molar-refractivity contribution >= 4 is 34.1 Å². The molecule has 25 heavy (non-hydrogen) atoms. The largest absolute Gasteiger partial charge is 0.497 e. The number of hydrogen-bond acceptors (Lipinski definition) is 4. The fourth-order valence-electron chi connectivity index (χ4n) is 2.62. The molecule has 1 saturated heterocycles. The van der Waals surface area contributed by atoms with Crippen LogP contribution < -0.4 is 10.1 Å². The Kier molecular flexibility index (Phi) is 5.24. The molecular formula is C20H20N2O2S. The summed E-state index contributed by atoms with van der Waals surface area (Å²) in [6.07, 6.45) is 0.902. The van der Waals surface area contributed by atoms with Gasteiger partial charge in [0.1, 0.15) is 5.75 Å². The summed E-state index contributed by atoms with van der Waals surface area (Å²) in [6, 6.07) is 15.7. The number of thioether (sulfide) groups is 1. The van der Waals surface area contributed by atoms with E-state index < -0.39 is 0 Å². The molecule has 5 heteroatoms. The lowest BCUT2D eigenvalue weighted by atomic mass is 10.1. The number of carbonyl (C=O) groups excluding carboxylic acids is 1. The summed E-state index contributed by atoms with van der Waals surface area (Å²) in [5, 5.41) is 3.49. The van der Waals surface area contributed by atoms with Crippen LogP contribution in [-0.2, 0) is 11.2 Å². The molecule has 2 aromatic rings. The Balaban J connectivity index is 1.89. The third-order valence-corrected chi connectivity index (χ3v) is 5.17. The van der Waals surface area contributed by atoms with Gasteiger partial charge in [-0.15, -0.1) is 0 Å². The number of benzene rings is 2. The van der Waals surface area contributed by atoms with Crippen molar-refractivity contribution in [2.45, 2.75) is 20.3 Å². The van der Waals surface area contributed by atoms with Crippen molar-refractivity contribution in [1.29, 1.82) is 0 Å². The molecule has 0 aliphatic carbocycles. The van der Waals surface area contributed by atoms with E-state index in [4.69, 9.17) is 4.74 Å². The second kappa shape index (κ2) is 7.57. The molecule has 1 aliphatic heterocycles. The molecule has 0 saturated carbocycles. The molecule has 0 aromatic heterocycles. The molecule has 3 rings (SSSR count). The fraction of sp³-hybridized carbons (Fsp3) is 0.200. The molecule has 0 bridgehead atoms. The van der Waals surface area contributed by atoms with E-state index in [-0.39, 0.29) is 5.91 Å². The summed E-state index contributed by atoms with van der Waals surface area (Å²) in [6.45, 7) is 4.05. The van der Waals surface area contributed by atoms with E-state index in [0.717, 1.165) is 34.6 Å². The van der Waals surface area contributed by atoms with Crippen LogP contribution in [0, 0.1) is 0 Å². The molecule has 1 aliphatic rings. The minimum Gasteiger partial charge on any atom is -0.497 e. The zero-order valence-corrected chi connectivity index (χ0v) is 15.3. The van der Waals surface area contributed by atoms with Crippen molar-refractivity contribution in [2.24, 2.45) is 4.99 Å². The maximum atomic E-state index is 12.4. The monoisotopic (exact) mass is 352 g/mol. The van der Waals surface area contributed by atoms with Crippen LogP contribution in [0.25, 0.3) is 5.57 Å². The molecule has 1 N–H and O–H groups in total. The number of para-hydroxylation sites is 1. The third-order valence-electron chi connectivity index (χ3n) is 4.08. The van der Waals surface area contributed by atoms with Crippen LogP contribution >= 0.6 is 11.8 Å². The second-order valence-electron chi connectivity index (χ2n) is 5.64. The van der Waals surface area contributed by atoms with Crippen LogP contribution in [0.5, 0.6) is 5.75 Å². The number of nitrogens with one attached hydrogen (secondary N) is 1. The Morgan fingerprint density at radius 2 is 1.88 bits per heavy atom. The van der Waals surface area contributed by atoms with E-state index in [0.29, 0.717) is 10.1 Å². The third kappa shape index (κ3) is 3.77. The highest BCUT2D eigenvalue weighted by Crippen LogP contribution is 2.33. The van der Waals surface area contributed by atoms with Crippen molar-refractivity contribution < 1.29 is 9.53 Å². The summed E-state index contributed by atoms with van der Waals surface area (Å²) in [5.41, 5.74) is 3.98. The molecule has 1 heterocycles. The van der Waals surface area contributed by atoms with Gasteiger partial charge in [0.25, 0.3) is 5.91 Å². The Hall–Kier alpha value is -2.53. The first kappa shape index (κ1) is 17.3. The molecule has 128 valence electrons. The SMILES string of the molecule is CCc1ccccc1N=C1NC(=O)/C(=C(\C)c2ccc(OC)cc2)S1. The zero-order valence-electron chi connectivity index (χ0n) is 14.5. The highest BCUT2D eigenvalue weighted by atomic mass is 32.2. The van der Waals surface area contributed by atoms with Crippen LogP contribution in [-0.4, -0.2) is 18.2 Å². The Bertz CT molecular complexity index is 854. The van der Waals surface area contributed by atoms with E-state index in [1.165, 1.54) is 11.8 Å². The predicted molar refractivity (Wildman–Crippen MR) is 104 cm³/mol. The van der Waals surface area contributed by atoms with E-state index in [1.807, 2.05) is 49.4 Å². The minimum absolute atomic E-state index is 0.106. The number of aryl methyl sites for hydroxylation is 1. The summed E-state index contributed by atoms with van der Waals surface area (Å²) in [7, 11) is 1.64. The average molecular weight is 352 g/mol. The van der Waals surface area contributed by atoms with Gasteiger partial charge in [0.05, 0.1) is 17.7 Å². The van der Waals surface area contributed by atoms with Gasteiger partial charge in [0.15, 0.2) is 5.17 Å². The predicted octanol–water partition coefficient (Wildman–Crippen LogP) is 4.54. The van der Waals surface area contributed by atoms with E-state index in [1.54, 1.807) is 7.11 Å². The summed E-state index contributed by atoms with van der Waals surface area (Å²) in [5.74, 6) is 0.689. The number of aliphatic imine (C=N–C) groups is 1. The molecular weight excluding hydrogens is 332 g/mol. The number of ether oxygens (including phenoxy) is 1. The molecule has 0 spiro atoms. The Labute approximate surface area is 152 Å². The number of amidine groups is 1. The van der Waals surface area contributed by atoms with E-state index in [2.05, 4.69) is 23.3 Å². The molecule has 0 radical (unpaired) electrons. The van der Waals surface area contributed by atoms with Crippen LogP contribution in [0.1, 0.15) is 25.0 Å². The summed E-state index contributed by atoms with van der Waals surface area (Å²) >= 11 is 1.38. The molecule has 1 fully saturated rings. The van der Waals surface area contributed by atoms with Gasteiger partial charge in [-0.2, -0.15) is 0 Å². The van der Waals surface area contributed by atoms with Crippen molar-refractivity contribution in [3.05, 3.63) is 64.6 Å². The first-order valence-corrected chi connectivity index (χ1v) is 8.95. The Morgan fingerprint density at radius 3 is 2.56 bits per heavy atom. The number of rotatable bonds is 4. The lowest BCUT2D eigenvalue weighted by molar-refractivity contribution is -0.115. The van der Waals surface area contributed by atoms with Crippen molar-refractivity contribution in [2.75, 3.05) is 7.11 Å². The standard InChI is InChI=1S/C20H20N2O2S/c1-4-14-7-5-6-8-17(14)21-20-22-19(23)18(25-20)13(2)15-9-11-16(24-3)12-10-15/h5-12H,4H2,1-3H3,(H,21,22,23)/b18-13-. The van der Waals surface area contributed by atoms with Gasteiger partial charge < -0.3 is 10.1 Å². The minimum atomic E-state index is -0.106. The molecule has 0 unspecified atom stereocenters. The van der Waals surface area contributed by atoms with Gasteiger partial charge in [0.2, 0.25) is 0 Å². The van der Waals surface area contributed by atoms with Crippen molar-refractivity contribution in [1.82, 2.24) is 5.32 Å². The van der Waals surface area contributed by atoms with Gasteiger partial charge in [-0.05, 0) is 60.0 Å². The van der Waals surface area contributed by atoms with Gasteiger partial charge >= 0.3 is 0 Å². The highest BCUT2D eigenvalue weighted by Gasteiger charge is 2.26. The smallest absolute Gasteiger partial charge is 0.264 e. The number of amides is 1. The fourth-order valence-corrected chi connectivity index (χ4v) is 3.52. The topological polar surface area (TPSA) is 50.7 Å². The number of carbonyl (C=O) groups is 1. The highest BCUT2D eigenvalue weighted by molar-refractivity contribution is 8.18. The molecule has 2 aromatic carbocycles. The summed E-state index contributed by atoms with van der Waals surface area (Å²) in [4.78, 5) is 17.7. The number of hydrogen-bond donors (Lipinski definition) is 1. The maximum absolute atomic E-state index is 12.4. The van der Waals surface area contributed by atoms with Crippen LogP contribution in [0.15, 0.2) is 58.4 Å². The normalized spacial score (nSPS) is 17.6. The zero-order chi connectivity index (χ0) is 17.8. The van der Waals surface area contributed by atoms with Crippen LogP contribution in [0.3, 0.4) is 0 Å². The van der Waals surface area contributed by atoms with E-state index >= 15 is 0 Å². The molecule has 1 amide bonds. The quantitative estimate of drug-likeness (QED) is 0.822. The molecule has 4 nitrogen and oxygen atoms in total. The average Bonchev–Trinajstić information content (AvgIpc) is 3.01.